The largest absolute Gasteiger partial charge is 0.462 e. The lowest BCUT2D eigenvalue weighted by Crippen LogP contribution is -2.38. The number of benzene rings is 2. The number of nitrogens with zero attached hydrogens (tertiary/aromatic N) is 1. The zero-order chi connectivity index (χ0) is 25.9. The smallest absolute Gasteiger partial charge is 0.341 e. The Morgan fingerprint density at radius 3 is 2.42 bits per heavy atom. The van der Waals surface area contributed by atoms with Gasteiger partial charge in [-0.3, -0.25) is 9.10 Å². The number of sulfonamides is 1. The second-order valence-corrected chi connectivity index (χ2v) is 11.8. The Labute approximate surface area is 216 Å². The maximum Gasteiger partial charge on any atom is 0.341 e. The molecule has 1 amide bonds. The maximum atomic E-state index is 13.7. The summed E-state index contributed by atoms with van der Waals surface area (Å²) in [7, 11) is -4.03. The van der Waals surface area contributed by atoms with Crippen LogP contribution in [0, 0.1) is 13.8 Å². The van der Waals surface area contributed by atoms with E-state index in [0.29, 0.717) is 16.3 Å². The molecule has 0 saturated carbocycles. The third-order valence-corrected chi connectivity index (χ3v) is 9.17. The van der Waals surface area contributed by atoms with Crippen molar-refractivity contribution in [1.29, 1.82) is 0 Å². The first-order valence-electron chi connectivity index (χ1n) is 12.0. The fourth-order valence-electron chi connectivity index (χ4n) is 4.35. The van der Waals surface area contributed by atoms with Crippen LogP contribution >= 0.6 is 11.3 Å². The monoisotopic (exact) mass is 526 g/mol. The number of hydrogen-bond acceptors (Lipinski definition) is 6. The van der Waals surface area contributed by atoms with E-state index in [9.17, 15) is 18.0 Å². The Morgan fingerprint density at radius 2 is 1.72 bits per heavy atom. The number of thiophene rings is 1. The fraction of sp³-hybridized carbons (Fsp3) is 0.333. The van der Waals surface area contributed by atoms with Crippen LogP contribution in [0.4, 0.5) is 10.7 Å². The molecule has 2 aromatic carbocycles. The second kappa shape index (κ2) is 10.8. The highest BCUT2D eigenvalue weighted by atomic mass is 32.2. The number of amides is 1. The highest BCUT2D eigenvalue weighted by Crippen LogP contribution is 2.39. The third-order valence-electron chi connectivity index (χ3n) is 6.18. The highest BCUT2D eigenvalue weighted by molar-refractivity contribution is 7.92. The lowest BCUT2D eigenvalue weighted by Gasteiger charge is -2.25. The molecule has 1 N–H and O–H groups in total. The Morgan fingerprint density at radius 1 is 1.03 bits per heavy atom. The molecule has 1 aliphatic carbocycles. The van der Waals surface area contributed by atoms with E-state index in [4.69, 9.17) is 4.74 Å². The van der Waals surface area contributed by atoms with Crippen molar-refractivity contribution in [1.82, 2.24) is 0 Å². The quantitative estimate of drug-likeness (QED) is 0.405. The van der Waals surface area contributed by atoms with E-state index in [1.807, 2.05) is 13.0 Å². The van der Waals surface area contributed by atoms with Crippen molar-refractivity contribution in [3.63, 3.8) is 0 Å². The van der Waals surface area contributed by atoms with Gasteiger partial charge in [0.05, 0.1) is 22.8 Å². The van der Waals surface area contributed by atoms with Gasteiger partial charge in [-0.2, -0.15) is 0 Å². The summed E-state index contributed by atoms with van der Waals surface area (Å²) >= 11 is 1.38. The van der Waals surface area contributed by atoms with Gasteiger partial charge in [0.2, 0.25) is 5.91 Å². The molecule has 0 radical (unpaired) electrons. The van der Waals surface area contributed by atoms with Crippen molar-refractivity contribution >= 4 is 43.9 Å². The molecule has 190 valence electrons. The highest BCUT2D eigenvalue weighted by Gasteiger charge is 2.31. The molecule has 3 aromatic rings. The second-order valence-electron chi connectivity index (χ2n) is 8.79. The molecule has 36 heavy (non-hydrogen) atoms. The van der Waals surface area contributed by atoms with Gasteiger partial charge >= 0.3 is 5.97 Å². The molecule has 0 unspecified atom stereocenters. The van der Waals surface area contributed by atoms with Gasteiger partial charge in [0, 0.05) is 4.88 Å². The lowest BCUT2D eigenvalue weighted by molar-refractivity contribution is -0.114. The minimum Gasteiger partial charge on any atom is -0.462 e. The first-order valence-corrected chi connectivity index (χ1v) is 14.2. The van der Waals surface area contributed by atoms with Crippen LogP contribution in [0.1, 0.15) is 51.7 Å². The normalized spacial score (nSPS) is 13.1. The van der Waals surface area contributed by atoms with Gasteiger partial charge in [-0.05, 0) is 75.8 Å². The Balaban J connectivity index is 1.68. The Bertz CT molecular complexity index is 1380. The molecule has 0 atom stereocenters. The van der Waals surface area contributed by atoms with E-state index in [2.05, 4.69) is 5.32 Å². The number of para-hydroxylation sites is 1. The van der Waals surface area contributed by atoms with Crippen LogP contribution < -0.4 is 9.62 Å². The molecule has 1 heterocycles. The number of esters is 1. The average Bonchev–Trinajstić information content (AvgIpc) is 3.21. The van der Waals surface area contributed by atoms with E-state index >= 15 is 0 Å². The summed E-state index contributed by atoms with van der Waals surface area (Å²) in [4.78, 5) is 27.3. The van der Waals surface area contributed by atoms with Crippen molar-refractivity contribution in [2.24, 2.45) is 0 Å². The Kier molecular flexibility index (Phi) is 7.80. The summed E-state index contributed by atoms with van der Waals surface area (Å²) in [6.45, 7) is 5.21. The molecule has 0 fully saturated rings. The van der Waals surface area contributed by atoms with Gasteiger partial charge in [-0.15, -0.1) is 11.3 Å². The van der Waals surface area contributed by atoms with Gasteiger partial charge in [-0.25, -0.2) is 13.2 Å². The maximum absolute atomic E-state index is 13.7. The molecule has 0 saturated heterocycles. The van der Waals surface area contributed by atoms with E-state index in [1.54, 1.807) is 56.3 Å². The molecule has 1 aliphatic rings. The van der Waals surface area contributed by atoms with Gasteiger partial charge in [0.1, 0.15) is 11.5 Å². The molecule has 1 aromatic heterocycles. The summed E-state index contributed by atoms with van der Waals surface area (Å²) in [5, 5.41) is 3.25. The van der Waals surface area contributed by atoms with Crippen molar-refractivity contribution in [3.05, 3.63) is 75.7 Å². The van der Waals surface area contributed by atoms with Gasteiger partial charge in [-0.1, -0.05) is 35.9 Å². The number of ether oxygens (including phenoxy) is 1. The van der Waals surface area contributed by atoms with Crippen molar-refractivity contribution in [3.8, 4) is 0 Å². The van der Waals surface area contributed by atoms with Crippen LogP contribution in [0.15, 0.2) is 53.4 Å². The van der Waals surface area contributed by atoms with E-state index in [0.717, 1.165) is 51.6 Å². The average molecular weight is 527 g/mol. The van der Waals surface area contributed by atoms with Crippen molar-refractivity contribution in [2.75, 3.05) is 22.8 Å². The van der Waals surface area contributed by atoms with Gasteiger partial charge in [0.15, 0.2) is 0 Å². The van der Waals surface area contributed by atoms with Crippen LogP contribution in [0.25, 0.3) is 0 Å². The molecule has 9 heteroatoms. The number of carbonyl (C=O) groups excluding carboxylic acids is 2. The number of anilines is 2. The summed E-state index contributed by atoms with van der Waals surface area (Å²) < 4.78 is 33.8. The first kappa shape index (κ1) is 25.9. The topological polar surface area (TPSA) is 92.8 Å². The minimum absolute atomic E-state index is 0.1000. The van der Waals surface area contributed by atoms with Crippen molar-refractivity contribution in [2.45, 2.75) is 51.3 Å². The number of carbonyl (C=O) groups is 2. The van der Waals surface area contributed by atoms with Crippen LogP contribution in [-0.2, 0) is 32.4 Å². The lowest BCUT2D eigenvalue weighted by atomic mass is 9.95. The predicted octanol–water partition coefficient (Wildman–Crippen LogP) is 5.25. The summed E-state index contributed by atoms with van der Waals surface area (Å²) in [6, 6.07) is 13.6. The van der Waals surface area contributed by atoms with Crippen LogP contribution in [0.2, 0.25) is 0 Å². The molecular weight excluding hydrogens is 496 g/mol. The van der Waals surface area contributed by atoms with Crippen LogP contribution in [0.5, 0.6) is 0 Å². The zero-order valence-electron chi connectivity index (χ0n) is 20.7. The summed E-state index contributed by atoms with van der Waals surface area (Å²) in [5.41, 5.74) is 3.41. The Hall–Kier alpha value is -3.17. The number of hydrogen-bond donors (Lipinski definition) is 1. The molecule has 0 aliphatic heterocycles. The van der Waals surface area contributed by atoms with Crippen LogP contribution in [-0.4, -0.2) is 33.4 Å². The molecule has 0 bridgehead atoms. The molecular formula is C27H30N2O5S2. The van der Waals surface area contributed by atoms with E-state index < -0.39 is 28.4 Å². The summed E-state index contributed by atoms with van der Waals surface area (Å²) in [5.74, 6) is -0.992. The third kappa shape index (κ3) is 5.32. The molecule has 7 nitrogen and oxygen atoms in total. The minimum atomic E-state index is -4.03. The number of nitrogens with one attached hydrogen (secondary N) is 1. The van der Waals surface area contributed by atoms with Crippen LogP contribution in [0.3, 0.4) is 0 Å². The fourth-order valence-corrected chi connectivity index (χ4v) is 7.13. The first-order chi connectivity index (χ1) is 17.2. The van der Waals surface area contributed by atoms with E-state index in [-0.39, 0.29) is 11.5 Å². The van der Waals surface area contributed by atoms with E-state index in [1.165, 1.54) is 11.3 Å². The SMILES string of the molecule is CCOC(=O)c1c(NC(=O)CN(c2ccccc2C)S(=O)(=O)c2ccc(C)cc2)sc2c1CCCC2. The number of fused-ring (bicyclic) bond motifs is 1. The zero-order valence-corrected chi connectivity index (χ0v) is 22.3. The van der Waals surface area contributed by atoms with Gasteiger partial charge < -0.3 is 10.1 Å². The molecule has 0 spiro atoms. The number of rotatable bonds is 8. The van der Waals surface area contributed by atoms with Gasteiger partial charge in [0.25, 0.3) is 10.0 Å². The summed E-state index contributed by atoms with van der Waals surface area (Å²) in [6.07, 6.45) is 3.60. The number of aryl methyl sites for hydroxylation is 3. The standard InChI is InChI=1S/C27H30N2O5S2/c1-4-34-27(31)25-21-10-6-8-12-23(21)35-26(25)28-24(30)17-29(22-11-7-5-9-19(22)3)36(32,33)20-15-13-18(2)14-16-20/h5,7,9,11,13-16H,4,6,8,10,12,17H2,1-3H3,(H,28,30). The van der Waals surface area contributed by atoms with Crippen molar-refractivity contribution < 1.29 is 22.7 Å². The predicted molar refractivity (Wildman–Crippen MR) is 142 cm³/mol. The molecule has 4 rings (SSSR count).